The molecule has 5 heteroatoms. The van der Waals surface area contributed by atoms with Crippen molar-refractivity contribution < 1.29 is 12.7 Å². The van der Waals surface area contributed by atoms with Crippen molar-refractivity contribution in [2.45, 2.75) is 52.9 Å². The first kappa shape index (κ1) is 15.9. The van der Waals surface area contributed by atoms with Crippen molar-refractivity contribution in [1.82, 2.24) is 5.06 Å². The lowest BCUT2D eigenvalue weighted by molar-refractivity contribution is -0.0531. The van der Waals surface area contributed by atoms with Crippen molar-refractivity contribution in [1.29, 1.82) is 0 Å². The Balaban J connectivity index is 4.17. The summed E-state index contributed by atoms with van der Waals surface area (Å²) in [5, 5.41) is 1.60. The van der Waals surface area contributed by atoms with Crippen LogP contribution in [0.3, 0.4) is 0 Å². The Morgan fingerprint density at radius 1 is 0.938 bits per heavy atom. The first-order chi connectivity index (χ1) is 7.55. The van der Waals surface area contributed by atoms with E-state index in [9.17, 15) is 8.42 Å². The van der Waals surface area contributed by atoms with Crippen LogP contribution >= 0.6 is 0 Å². The average Bonchev–Trinajstić information content (AvgIpc) is 2.21. The molecule has 0 aromatic rings. The zero-order chi connectivity index (χ0) is 12.4. The number of hydrogen-bond acceptors (Lipinski definition) is 4. The lowest BCUT2D eigenvalue weighted by Crippen LogP contribution is -2.30. The van der Waals surface area contributed by atoms with Crippen molar-refractivity contribution in [2.75, 3.05) is 18.8 Å². The lowest BCUT2D eigenvalue weighted by atomic mass is 10.3. The van der Waals surface area contributed by atoms with Crippen molar-refractivity contribution in [3.05, 3.63) is 0 Å². The van der Waals surface area contributed by atoms with Gasteiger partial charge in [-0.3, -0.25) is 0 Å². The standard InChI is InChI=1S/C11H25NO3S/c1-4-7-9-12(10-8-5-2)15-16(13,14)11-6-3/h4-11H2,1-3H3. The summed E-state index contributed by atoms with van der Waals surface area (Å²) in [5.41, 5.74) is 0. The predicted octanol–water partition coefficient (Wildman–Crippen LogP) is 2.56. The van der Waals surface area contributed by atoms with E-state index in [4.69, 9.17) is 4.28 Å². The van der Waals surface area contributed by atoms with Gasteiger partial charge in [-0.1, -0.05) is 33.6 Å². The third-order valence-corrected chi connectivity index (χ3v) is 3.54. The molecule has 0 aliphatic rings. The fourth-order valence-electron chi connectivity index (χ4n) is 1.30. The van der Waals surface area contributed by atoms with E-state index < -0.39 is 10.1 Å². The highest BCUT2D eigenvalue weighted by Gasteiger charge is 2.15. The van der Waals surface area contributed by atoms with Gasteiger partial charge in [-0.25, -0.2) is 0 Å². The van der Waals surface area contributed by atoms with E-state index in [0.29, 0.717) is 19.5 Å². The van der Waals surface area contributed by atoms with Crippen LogP contribution < -0.4 is 0 Å². The molecule has 0 rings (SSSR count). The summed E-state index contributed by atoms with van der Waals surface area (Å²) < 4.78 is 28.1. The molecule has 0 fully saturated rings. The van der Waals surface area contributed by atoms with E-state index in [1.807, 2.05) is 6.92 Å². The lowest BCUT2D eigenvalue weighted by Gasteiger charge is -2.20. The molecule has 98 valence electrons. The summed E-state index contributed by atoms with van der Waals surface area (Å²) in [6, 6.07) is 0. The van der Waals surface area contributed by atoms with Gasteiger partial charge in [0.05, 0.1) is 5.75 Å². The highest BCUT2D eigenvalue weighted by Crippen LogP contribution is 2.05. The minimum atomic E-state index is -3.37. The van der Waals surface area contributed by atoms with Crippen LogP contribution in [0.2, 0.25) is 0 Å². The van der Waals surface area contributed by atoms with Crippen LogP contribution in [-0.2, 0) is 14.4 Å². The van der Waals surface area contributed by atoms with Gasteiger partial charge in [0.15, 0.2) is 0 Å². The molecule has 0 spiro atoms. The second-order valence-electron chi connectivity index (χ2n) is 3.97. The molecule has 0 saturated heterocycles. The van der Waals surface area contributed by atoms with Crippen LogP contribution in [0.25, 0.3) is 0 Å². The Bertz CT molecular complexity index is 244. The van der Waals surface area contributed by atoms with Gasteiger partial charge in [0, 0.05) is 13.1 Å². The average molecular weight is 251 g/mol. The van der Waals surface area contributed by atoms with Gasteiger partial charge >= 0.3 is 0 Å². The summed E-state index contributed by atoms with van der Waals surface area (Å²) in [5.74, 6) is 0.0990. The van der Waals surface area contributed by atoms with Gasteiger partial charge in [0.1, 0.15) is 0 Å². The zero-order valence-electron chi connectivity index (χ0n) is 10.7. The molecule has 0 aromatic carbocycles. The van der Waals surface area contributed by atoms with Gasteiger partial charge in [0.2, 0.25) is 0 Å². The highest BCUT2D eigenvalue weighted by atomic mass is 32.2. The van der Waals surface area contributed by atoms with Gasteiger partial charge < -0.3 is 0 Å². The summed E-state index contributed by atoms with van der Waals surface area (Å²) in [4.78, 5) is 0. The molecule has 0 bridgehead atoms. The van der Waals surface area contributed by atoms with Crippen molar-refractivity contribution in [3.8, 4) is 0 Å². The van der Waals surface area contributed by atoms with E-state index in [0.717, 1.165) is 25.7 Å². The predicted molar refractivity (Wildman–Crippen MR) is 66.6 cm³/mol. The van der Waals surface area contributed by atoms with E-state index >= 15 is 0 Å². The third-order valence-electron chi connectivity index (χ3n) is 2.20. The Labute approximate surface area is 100 Å². The largest absolute Gasteiger partial charge is 0.283 e. The molecule has 0 saturated carbocycles. The monoisotopic (exact) mass is 251 g/mol. The fraction of sp³-hybridized carbons (Fsp3) is 1.00. The van der Waals surface area contributed by atoms with Gasteiger partial charge in [-0.15, -0.1) is 0 Å². The third kappa shape index (κ3) is 8.07. The van der Waals surface area contributed by atoms with Crippen LogP contribution in [0, 0.1) is 0 Å². The Morgan fingerprint density at radius 3 is 1.81 bits per heavy atom. The quantitative estimate of drug-likeness (QED) is 0.560. The SMILES string of the molecule is CCCCN(CCCC)OS(=O)(=O)CCC. The Morgan fingerprint density at radius 2 is 1.44 bits per heavy atom. The fourth-order valence-corrected chi connectivity index (χ4v) is 2.35. The van der Waals surface area contributed by atoms with Crippen molar-refractivity contribution >= 4 is 10.1 Å². The van der Waals surface area contributed by atoms with E-state index in [-0.39, 0.29) is 5.75 Å². The molecule has 0 radical (unpaired) electrons. The van der Waals surface area contributed by atoms with Crippen LogP contribution in [0.4, 0.5) is 0 Å². The molecule has 4 nitrogen and oxygen atoms in total. The first-order valence-corrected chi connectivity index (χ1v) is 7.80. The van der Waals surface area contributed by atoms with Crippen LogP contribution in [-0.4, -0.2) is 32.3 Å². The maximum absolute atomic E-state index is 11.5. The Hall–Kier alpha value is -0.130. The van der Waals surface area contributed by atoms with E-state index in [1.165, 1.54) is 0 Å². The number of hydroxylamine groups is 2. The van der Waals surface area contributed by atoms with E-state index in [1.54, 1.807) is 5.06 Å². The maximum atomic E-state index is 11.5. The van der Waals surface area contributed by atoms with Gasteiger partial charge in [0.25, 0.3) is 10.1 Å². The maximum Gasteiger partial charge on any atom is 0.283 e. The summed E-state index contributed by atoms with van der Waals surface area (Å²) in [6.07, 6.45) is 4.61. The molecule has 0 heterocycles. The zero-order valence-corrected chi connectivity index (χ0v) is 11.6. The number of hydrogen-bond donors (Lipinski definition) is 0. The second-order valence-corrected chi connectivity index (χ2v) is 5.65. The molecule has 16 heavy (non-hydrogen) atoms. The molecule has 0 aliphatic carbocycles. The van der Waals surface area contributed by atoms with Gasteiger partial charge in [-0.2, -0.15) is 17.8 Å². The Kier molecular flexibility index (Phi) is 8.89. The minimum Gasteiger partial charge on any atom is -0.198 e. The topological polar surface area (TPSA) is 46.6 Å². The molecule has 0 aliphatic heterocycles. The highest BCUT2D eigenvalue weighted by molar-refractivity contribution is 7.86. The summed E-state index contributed by atoms with van der Waals surface area (Å²) in [7, 11) is -3.37. The number of unbranched alkanes of at least 4 members (excludes halogenated alkanes) is 2. The normalized spacial score (nSPS) is 12.2. The molecular formula is C11H25NO3S. The molecule has 0 N–H and O–H groups in total. The van der Waals surface area contributed by atoms with Crippen molar-refractivity contribution in [3.63, 3.8) is 0 Å². The summed E-state index contributed by atoms with van der Waals surface area (Å²) in [6.45, 7) is 7.39. The van der Waals surface area contributed by atoms with Crippen LogP contribution in [0.5, 0.6) is 0 Å². The molecule has 0 aromatic heterocycles. The molecule has 0 unspecified atom stereocenters. The van der Waals surface area contributed by atoms with E-state index in [2.05, 4.69) is 13.8 Å². The number of rotatable bonds is 10. The molecule has 0 atom stereocenters. The number of nitrogens with zero attached hydrogens (tertiary/aromatic N) is 1. The van der Waals surface area contributed by atoms with Gasteiger partial charge in [-0.05, 0) is 19.3 Å². The molecule has 0 amide bonds. The van der Waals surface area contributed by atoms with Crippen LogP contribution in [0.15, 0.2) is 0 Å². The van der Waals surface area contributed by atoms with Crippen molar-refractivity contribution in [2.24, 2.45) is 0 Å². The smallest absolute Gasteiger partial charge is 0.198 e. The second kappa shape index (κ2) is 8.96. The molecular weight excluding hydrogens is 226 g/mol. The summed E-state index contributed by atoms with van der Waals surface area (Å²) >= 11 is 0. The first-order valence-electron chi connectivity index (χ1n) is 6.23. The van der Waals surface area contributed by atoms with Crippen LogP contribution in [0.1, 0.15) is 52.9 Å². The minimum absolute atomic E-state index is 0.0990.